The third-order valence-corrected chi connectivity index (χ3v) is 2.35. The minimum absolute atomic E-state index is 0.135. The van der Waals surface area contributed by atoms with Crippen molar-refractivity contribution in [2.75, 3.05) is 6.26 Å². The molecule has 5 heteroatoms. The van der Waals surface area contributed by atoms with Gasteiger partial charge in [-0.25, -0.2) is 0 Å². The molecular formula is C9H9F3OS. The molecule has 0 bridgehead atoms. The van der Waals surface area contributed by atoms with E-state index >= 15 is 0 Å². The molecule has 0 amide bonds. The number of ether oxygens (including phenoxy) is 1. The smallest absolute Gasteiger partial charge is 0.405 e. The van der Waals surface area contributed by atoms with Gasteiger partial charge in [0.1, 0.15) is 5.75 Å². The molecule has 0 aliphatic heterocycles. The van der Waals surface area contributed by atoms with E-state index < -0.39 is 6.36 Å². The van der Waals surface area contributed by atoms with Crippen LogP contribution < -0.4 is 4.74 Å². The number of benzene rings is 1. The van der Waals surface area contributed by atoms with Crippen LogP contribution in [0.3, 0.4) is 0 Å². The predicted molar refractivity (Wildman–Crippen MR) is 49.6 cm³/mol. The second-order valence-corrected chi connectivity index (χ2v) is 3.56. The summed E-state index contributed by atoms with van der Waals surface area (Å²) in [6.45, 7) is 1.57. The number of rotatable bonds is 2. The summed E-state index contributed by atoms with van der Waals surface area (Å²) in [6.07, 6.45) is -2.83. The minimum Gasteiger partial charge on any atom is -0.405 e. The highest BCUT2D eigenvalue weighted by atomic mass is 32.2. The quantitative estimate of drug-likeness (QED) is 0.707. The van der Waals surface area contributed by atoms with Crippen molar-refractivity contribution >= 4 is 11.8 Å². The molecule has 1 rings (SSSR count). The number of hydrogen-bond acceptors (Lipinski definition) is 2. The van der Waals surface area contributed by atoms with Crippen molar-refractivity contribution in [1.82, 2.24) is 0 Å². The van der Waals surface area contributed by atoms with Crippen LogP contribution in [0.15, 0.2) is 23.1 Å². The van der Waals surface area contributed by atoms with Crippen molar-refractivity contribution in [3.63, 3.8) is 0 Å². The van der Waals surface area contributed by atoms with Crippen molar-refractivity contribution in [2.45, 2.75) is 18.2 Å². The standard InChI is InChI=1S/C9H9F3OS/c1-6-3-4-7(14-2)5-8(6)13-9(10,11)12/h3-5H,1-2H3. The second kappa shape index (κ2) is 4.13. The second-order valence-electron chi connectivity index (χ2n) is 2.68. The Bertz CT molecular complexity index is 322. The van der Waals surface area contributed by atoms with Gasteiger partial charge in [0, 0.05) is 4.90 Å². The molecule has 0 N–H and O–H groups in total. The molecule has 78 valence electrons. The van der Waals surface area contributed by atoms with E-state index in [9.17, 15) is 13.2 Å². The van der Waals surface area contributed by atoms with E-state index in [0.717, 1.165) is 4.90 Å². The fourth-order valence-electron chi connectivity index (χ4n) is 0.942. The molecule has 0 aliphatic rings. The number of thioether (sulfide) groups is 1. The average Bonchev–Trinajstić information content (AvgIpc) is 2.06. The summed E-state index contributed by atoms with van der Waals surface area (Å²) in [5.74, 6) is -0.135. The van der Waals surface area contributed by atoms with E-state index in [4.69, 9.17) is 0 Å². The Hall–Kier alpha value is -0.840. The van der Waals surface area contributed by atoms with Gasteiger partial charge in [0.05, 0.1) is 0 Å². The zero-order valence-electron chi connectivity index (χ0n) is 7.68. The molecule has 1 aromatic carbocycles. The van der Waals surface area contributed by atoms with Gasteiger partial charge in [0.25, 0.3) is 0 Å². The Balaban J connectivity index is 2.95. The van der Waals surface area contributed by atoms with E-state index in [1.165, 1.54) is 17.8 Å². The van der Waals surface area contributed by atoms with E-state index in [1.807, 2.05) is 0 Å². The Labute approximate surface area is 84.3 Å². The van der Waals surface area contributed by atoms with Crippen molar-refractivity contribution < 1.29 is 17.9 Å². The van der Waals surface area contributed by atoms with Gasteiger partial charge in [-0.2, -0.15) is 0 Å². The summed E-state index contributed by atoms with van der Waals surface area (Å²) in [6, 6.07) is 4.74. The molecule has 0 heterocycles. The van der Waals surface area contributed by atoms with Crippen molar-refractivity contribution in [1.29, 1.82) is 0 Å². The summed E-state index contributed by atoms with van der Waals surface area (Å²) in [7, 11) is 0. The van der Waals surface area contributed by atoms with Gasteiger partial charge in [-0.15, -0.1) is 24.9 Å². The molecule has 0 spiro atoms. The highest BCUT2D eigenvalue weighted by molar-refractivity contribution is 7.98. The molecule has 0 saturated carbocycles. The van der Waals surface area contributed by atoms with Gasteiger partial charge in [0.15, 0.2) is 0 Å². The highest BCUT2D eigenvalue weighted by Crippen LogP contribution is 2.29. The summed E-state index contributed by atoms with van der Waals surface area (Å²) in [5, 5.41) is 0. The normalized spacial score (nSPS) is 11.5. The summed E-state index contributed by atoms with van der Waals surface area (Å²) in [4.78, 5) is 0.745. The molecule has 0 aromatic heterocycles. The molecule has 1 aromatic rings. The van der Waals surface area contributed by atoms with Gasteiger partial charge in [0.2, 0.25) is 0 Å². The first-order valence-electron chi connectivity index (χ1n) is 3.83. The Morgan fingerprint density at radius 3 is 2.43 bits per heavy atom. The lowest BCUT2D eigenvalue weighted by Gasteiger charge is -2.11. The zero-order chi connectivity index (χ0) is 10.8. The van der Waals surface area contributed by atoms with Gasteiger partial charge in [-0.3, -0.25) is 0 Å². The number of alkyl halides is 3. The minimum atomic E-state index is -4.62. The van der Waals surface area contributed by atoms with E-state index in [0.29, 0.717) is 5.56 Å². The first-order chi connectivity index (χ1) is 6.42. The lowest BCUT2D eigenvalue weighted by atomic mass is 10.2. The molecule has 0 fully saturated rings. The van der Waals surface area contributed by atoms with Crippen LogP contribution >= 0.6 is 11.8 Å². The number of halogens is 3. The topological polar surface area (TPSA) is 9.23 Å². The lowest BCUT2D eigenvalue weighted by molar-refractivity contribution is -0.274. The highest BCUT2D eigenvalue weighted by Gasteiger charge is 2.31. The van der Waals surface area contributed by atoms with Gasteiger partial charge >= 0.3 is 6.36 Å². The molecule has 0 aliphatic carbocycles. The monoisotopic (exact) mass is 222 g/mol. The van der Waals surface area contributed by atoms with Crippen LogP contribution in [0.2, 0.25) is 0 Å². The van der Waals surface area contributed by atoms with E-state index in [2.05, 4.69) is 4.74 Å². The molecule has 0 radical (unpaired) electrons. The molecule has 0 atom stereocenters. The Morgan fingerprint density at radius 2 is 1.93 bits per heavy atom. The SMILES string of the molecule is CSc1ccc(C)c(OC(F)(F)F)c1. The third kappa shape index (κ3) is 3.14. The average molecular weight is 222 g/mol. The maximum atomic E-state index is 11.9. The fraction of sp³-hybridized carbons (Fsp3) is 0.333. The number of hydrogen-bond donors (Lipinski definition) is 0. The predicted octanol–water partition coefficient (Wildman–Crippen LogP) is 3.62. The zero-order valence-corrected chi connectivity index (χ0v) is 8.50. The van der Waals surface area contributed by atoms with Crippen LogP contribution in [0.25, 0.3) is 0 Å². The summed E-state index contributed by atoms with van der Waals surface area (Å²) in [5.41, 5.74) is 0.472. The van der Waals surface area contributed by atoms with Crippen molar-refractivity contribution in [3.05, 3.63) is 23.8 Å². The van der Waals surface area contributed by atoms with Crippen LogP contribution in [-0.2, 0) is 0 Å². The van der Waals surface area contributed by atoms with Crippen LogP contribution in [0.5, 0.6) is 5.75 Å². The maximum absolute atomic E-state index is 11.9. The summed E-state index contributed by atoms with van der Waals surface area (Å²) >= 11 is 1.37. The van der Waals surface area contributed by atoms with Crippen LogP contribution in [0, 0.1) is 6.92 Å². The van der Waals surface area contributed by atoms with Crippen LogP contribution in [0.4, 0.5) is 13.2 Å². The molecular weight excluding hydrogens is 213 g/mol. The largest absolute Gasteiger partial charge is 0.573 e. The molecule has 0 unspecified atom stereocenters. The van der Waals surface area contributed by atoms with Gasteiger partial charge in [-0.1, -0.05) is 6.07 Å². The lowest BCUT2D eigenvalue weighted by Crippen LogP contribution is -2.17. The fourth-order valence-corrected chi connectivity index (χ4v) is 1.37. The molecule has 0 saturated heterocycles. The third-order valence-electron chi connectivity index (χ3n) is 1.62. The Kier molecular flexibility index (Phi) is 3.31. The van der Waals surface area contributed by atoms with E-state index in [1.54, 1.807) is 25.3 Å². The van der Waals surface area contributed by atoms with Gasteiger partial charge in [-0.05, 0) is 30.9 Å². The first kappa shape index (κ1) is 11.2. The molecule has 14 heavy (non-hydrogen) atoms. The van der Waals surface area contributed by atoms with E-state index in [-0.39, 0.29) is 5.75 Å². The Morgan fingerprint density at radius 1 is 1.29 bits per heavy atom. The summed E-state index contributed by atoms with van der Waals surface area (Å²) < 4.78 is 39.6. The first-order valence-corrected chi connectivity index (χ1v) is 5.05. The van der Waals surface area contributed by atoms with Gasteiger partial charge < -0.3 is 4.74 Å². The van der Waals surface area contributed by atoms with Crippen molar-refractivity contribution in [2.24, 2.45) is 0 Å². The molecule has 1 nitrogen and oxygen atoms in total. The van der Waals surface area contributed by atoms with Crippen LogP contribution in [0.1, 0.15) is 5.56 Å². The number of aryl methyl sites for hydroxylation is 1. The van der Waals surface area contributed by atoms with Crippen molar-refractivity contribution in [3.8, 4) is 5.75 Å². The van der Waals surface area contributed by atoms with Crippen LogP contribution in [-0.4, -0.2) is 12.6 Å². The maximum Gasteiger partial charge on any atom is 0.573 e.